The molecule has 0 saturated carbocycles. The summed E-state index contributed by atoms with van der Waals surface area (Å²) in [5.74, 6) is -1.08. The van der Waals surface area contributed by atoms with Crippen molar-refractivity contribution < 1.29 is 56.3 Å². The van der Waals surface area contributed by atoms with Crippen molar-refractivity contribution in [3.63, 3.8) is 0 Å². The van der Waals surface area contributed by atoms with Crippen LogP contribution in [0.5, 0.6) is 0 Å². The Kier molecular flexibility index (Phi) is 37.0. The molecule has 2 radical (unpaired) electrons. The molecule has 68 valence electrons. The van der Waals surface area contributed by atoms with Gasteiger partial charge >= 0.3 is 62.1 Å². The van der Waals surface area contributed by atoms with Gasteiger partial charge in [-0.05, 0) is 6.92 Å². The van der Waals surface area contributed by atoms with Gasteiger partial charge in [-0.1, -0.05) is 0 Å². The second-order valence-electron chi connectivity index (χ2n) is 0.715. The summed E-state index contributed by atoms with van der Waals surface area (Å²) in [5, 5.41) is 8.89. The van der Waals surface area contributed by atoms with Gasteiger partial charge in [0.15, 0.2) is 0 Å². The Bertz CT molecular complexity index is 61.9. The molecule has 0 N–H and O–H groups in total. The summed E-state index contributed by atoms with van der Waals surface area (Å²) < 4.78 is 25.7. The second-order valence-corrected chi connectivity index (χ2v) is 1.65. The van der Waals surface area contributed by atoms with Gasteiger partial charge in [-0.2, -0.15) is 0 Å². The average Bonchev–Trinajstić information content (AvgIpc) is 1.25. The zero-order chi connectivity index (χ0) is 7.15. The monoisotopic (exact) mass is 308 g/mol. The Hall–Kier alpha value is 0.947. The molecule has 0 heterocycles. The molecule has 10 heavy (non-hydrogen) atoms. The van der Waals surface area contributed by atoms with Crippen molar-refractivity contribution in [2.75, 3.05) is 0 Å². The molecule has 0 rings (SSSR count). The molecule has 0 atom stereocenters. The minimum atomic E-state index is -3.94. The van der Waals surface area contributed by atoms with Crippen molar-refractivity contribution >= 4 is 21.6 Å². The molecule has 8 heteroatoms. The summed E-state index contributed by atoms with van der Waals surface area (Å²) in [6, 6.07) is 0. The first-order chi connectivity index (χ1) is 3.46. The first-order valence-corrected chi connectivity index (χ1v) is 3.75. The van der Waals surface area contributed by atoms with Gasteiger partial charge in [-0.3, -0.25) is 0 Å². The van der Waals surface area contributed by atoms with Crippen LogP contribution in [-0.2, 0) is 38.9 Å². The van der Waals surface area contributed by atoms with Crippen molar-refractivity contribution in [2.45, 2.75) is 6.92 Å². The number of carboxylic acid groups (broad SMARTS) is 1. The fourth-order valence-electron chi connectivity index (χ4n) is 0. The molecule has 0 aliphatic heterocycles. The summed E-state index contributed by atoms with van der Waals surface area (Å²) in [6.45, 7) is 0.972. The summed E-state index contributed by atoms with van der Waals surface area (Å²) in [5.41, 5.74) is 0. The molecule has 0 unspecified atom stereocenters. The summed E-state index contributed by atoms with van der Waals surface area (Å²) in [7, 11) is 0. The van der Waals surface area contributed by atoms with Gasteiger partial charge in [0, 0.05) is 5.97 Å². The van der Waals surface area contributed by atoms with Gasteiger partial charge in [0.05, 0.1) is 0 Å². The predicted molar refractivity (Wildman–Crippen MR) is 16.4 cm³/mol. The number of rotatable bonds is 0. The van der Waals surface area contributed by atoms with Crippen LogP contribution in [0.15, 0.2) is 0 Å². The van der Waals surface area contributed by atoms with E-state index in [-0.39, 0.29) is 34.1 Å². The van der Waals surface area contributed by atoms with Crippen molar-refractivity contribution in [1.82, 2.24) is 0 Å². The molecule has 5 nitrogen and oxygen atoms in total. The van der Waals surface area contributed by atoms with E-state index >= 15 is 0 Å². The molecule has 0 aromatic carbocycles. The number of carbonyl (C=O) groups is 1. The standard InChI is InChI=1S/C2H4O2.AsO3.2Cu/c1-2(3)4;2-1(3)4;;/h1H3,(H,3,4);;;/q;-3;2*+2/p-1. The Morgan fingerprint density at radius 2 is 1.20 bits per heavy atom. The Balaban J connectivity index is -0.0000000300. The molecule has 0 amide bonds. The van der Waals surface area contributed by atoms with Crippen LogP contribution >= 0.6 is 0 Å². The molecule has 0 fully saturated rings. The first kappa shape index (κ1) is 22.4. The molecule has 0 aromatic rings. The van der Waals surface area contributed by atoms with Crippen LogP contribution in [0, 0.1) is 0 Å². The number of carboxylic acids is 1. The SMILES string of the molecule is CC(=O)[O-].[Cu+2].[Cu+2].[O-][As]([O-])[O-]. The van der Waals surface area contributed by atoms with E-state index in [4.69, 9.17) is 22.2 Å². The van der Waals surface area contributed by atoms with Crippen LogP contribution < -0.4 is 17.4 Å². The van der Waals surface area contributed by atoms with E-state index in [1.807, 2.05) is 0 Å². The van der Waals surface area contributed by atoms with Crippen molar-refractivity contribution in [2.24, 2.45) is 0 Å². The molecule has 0 aliphatic rings. The van der Waals surface area contributed by atoms with Crippen LogP contribution in [0.2, 0.25) is 0 Å². The van der Waals surface area contributed by atoms with Crippen molar-refractivity contribution in [3.8, 4) is 0 Å². The molecular formula is C2H3AsCu2O5. The number of carbonyl (C=O) groups excluding carboxylic acids is 1. The van der Waals surface area contributed by atoms with E-state index in [0.717, 1.165) is 6.92 Å². The zero-order valence-corrected chi connectivity index (χ0v) is 8.35. The van der Waals surface area contributed by atoms with Gasteiger partial charge in [0.25, 0.3) is 0 Å². The number of aliphatic carboxylic acids is 1. The van der Waals surface area contributed by atoms with Crippen LogP contribution in [0.3, 0.4) is 0 Å². The third-order valence-electron chi connectivity index (χ3n) is 0. The zero-order valence-electron chi connectivity index (χ0n) is 4.59. The Labute approximate surface area is 84.7 Å². The molecule has 0 aliphatic carbocycles. The average molecular weight is 309 g/mol. The summed E-state index contributed by atoms with van der Waals surface area (Å²) >= 11 is -3.94. The predicted octanol–water partition coefficient (Wildman–Crippen LogP) is -5.20. The summed E-state index contributed by atoms with van der Waals surface area (Å²) in [4.78, 5) is 8.89. The maximum absolute atomic E-state index is 8.89. The molecule has 0 bridgehead atoms. The fourth-order valence-corrected chi connectivity index (χ4v) is 0. The molecule has 0 saturated heterocycles. The van der Waals surface area contributed by atoms with Crippen molar-refractivity contribution in [1.29, 1.82) is 0 Å². The fraction of sp³-hybridized carbons (Fsp3) is 0.500. The van der Waals surface area contributed by atoms with E-state index in [1.165, 1.54) is 0 Å². The van der Waals surface area contributed by atoms with Gasteiger partial charge in [-0.25, -0.2) is 0 Å². The van der Waals surface area contributed by atoms with E-state index in [1.54, 1.807) is 0 Å². The second kappa shape index (κ2) is 16.5. The first-order valence-electron chi connectivity index (χ1n) is 1.46. The van der Waals surface area contributed by atoms with Gasteiger partial charge in [0.2, 0.25) is 0 Å². The Morgan fingerprint density at radius 3 is 1.20 bits per heavy atom. The van der Waals surface area contributed by atoms with Crippen molar-refractivity contribution in [3.05, 3.63) is 0 Å². The molecule has 0 aromatic heterocycles. The van der Waals surface area contributed by atoms with E-state index in [0.29, 0.717) is 0 Å². The third kappa shape index (κ3) is 630. The number of hydrogen-bond acceptors (Lipinski definition) is 5. The molecule has 0 spiro atoms. The minimum absolute atomic E-state index is 0. The van der Waals surface area contributed by atoms with Crippen LogP contribution in [0.25, 0.3) is 0 Å². The van der Waals surface area contributed by atoms with E-state index < -0.39 is 21.6 Å². The van der Waals surface area contributed by atoms with E-state index in [9.17, 15) is 0 Å². The molecular weight excluding hydrogens is 306 g/mol. The number of hydrogen-bond donors (Lipinski definition) is 0. The quantitative estimate of drug-likeness (QED) is 0.416. The maximum atomic E-state index is 8.89. The van der Waals surface area contributed by atoms with Crippen LogP contribution in [0.4, 0.5) is 0 Å². The van der Waals surface area contributed by atoms with Gasteiger partial charge in [0.1, 0.15) is 0 Å². The van der Waals surface area contributed by atoms with Crippen LogP contribution in [0.1, 0.15) is 6.92 Å². The van der Waals surface area contributed by atoms with Gasteiger partial charge < -0.3 is 9.90 Å². The van der Waals surface area contributed by atoms with Gasteiger partial charge in [-0.15, -0.1) is 0 Å². The Morgan fingerprint density at radius 1 is 1.20 bits per heavy atom. The van der Waals surface area contributed by atoms with E-state index in [2.05, 4.69) is 0 Å². The normalized spacial score (nSPS) is 6.10. The topological polar surface area (TPSA) is 109 Å². The summed E-state index contributed by atoms with van der Waals surface area (Å²) in [6.07, 6.45) is 0. The van der Waals surface area contributed by atoms with Crippen LogP contribution in [-0.4, -0.2) is 21.6 Å². The third-order valence-corrected chi connectivity index (χ3v) is 0.